The van der Waals surface area contributed by atoms with Gasteiger partial charge in [0.1, 0.15) is 0 Å². The Morgan fingerprint density at radius 3 is 2.75 bits per heavy atom. The zero-order valence-electron chi connectivity index (χ0n) is 11.3. The predicted molar refractivity (Wildman–Crippen MR) is 73.5 cm³/mol. The van der Waals surface area contributed by atoms with Gasteiger partial charge in [0.2, 0.25) is 0 Å². The SMILES string of the molecule is COC(=O)[C@@H]1CC=C[C@@H]([C@@H](O)c2ccc(C#N)cc2)C1. The lowest BCUT2D eigenvalue weighted by atomic mass is 9.81. The largest absolute Gasteiger partial charge is 0.469 e. The smallest absolute Gasteiger partial charge is 0.308 e. The molecular weight excluding hydrogens is 254 g/mol. The number of methoxy groups -OCH3 is 1. The predicted octanol–water partition coefficient (Wildman–Crippen LogP) is 2.35. The van der Waals surface area contributed by atoms with Crippen LogP contribution in [0.5, 0.6) is 0 Å². The van der Waals surface area contributed by atoms with Gasteiger partial charge in [0.05, 0.1) is 30.8 Å². The number of nitriles is 1. The summed E-state index contributed by atoms with van der Waals surface area (Å²) >= 11 is 0. The molecule has 0 amide bonds. The average Bonchev–Trinajstić information content (AvgIpc) is 2.53. The van der Waals surface area contributed by atoms with E-state index in [1.165, 1.54) is 7.11 Å². The number of aliphatic hydroxyl groups is 1. The molecule has 1 N–H and O–H groups in total. The highest BCUT2D eigenvalue weighted by Crippen LogP contribution is 2.33. The van der Waals surface area contributed by atoms with E-state index in [2.05, 4.69) is 0 Å². The third kappa shape index (κ3) is 3.06. The Morgan fingerprint density at radius 2 is 2.15 bits per heavy atom. The van der Waals surface area contributed by atoms with E-state index >= 15 is 0 Å². The van der Waals surface area contributed by atoms with Gasteiger partial charge in [-0.25, -0.2) is 0 Å². The first-order valence-corrected chi connectivity index (χ1v) is 6.58. The van der Waals surface area contributed by atoms with Crippen molar-refractivity contribution in [2.75, 3.05) is 7.11 Å². The van der Waals surface area contributed by atoms with Crippen LogP contribution in [-0.2, 0) is 9.53 Å². The molecule has 0 aromatic heterocycles. The Bertz CT molecular complexity index is 542. The third-order valence-electron chi connectivity index (χ3n) is 3.68. The molecule has 0 spiro atoms. The van der Waals surface area contributed by atoms with E-state index in [1.54, 1.807) is 24.3 Å². The number of ether oxygens (including phenoxy) is 1. The zero-order chi connectivity index (χ0) is 14.5. The minimum Gasteiger partial charge on any atom is -0.469 e. The number of carbonyl (C=O) groups is 1. The average molecular weight is 271 g/mol. The van der Waals surface area contributed by atoms with Crippen LogP contribution in [0.25, 0.3) is 0 Å². The molecule has 0 saturated carbocycles. The fourth-order valence-corrected chi connectivity index (χ4v) is 2.52. The molecule has 0 heterocycles. The fourth-order valence-electron chi connectivity index (χ4n) is 2.52. The fraction of sp³-hybridized carbons (Fsp3) is 0.375. The molecule has 0 saturated heterocycles. The molecule has 104 valence electrons. The number of hydrogen-bond acceptors (Lipinski definition) is 4. The van der Waals surface area contributed by atoms with Gasteiger partial charge in [-0.1, -0.05) is 24.3 Å². The second-order valence-corrected chi connectivity index (χ2v) is 4.96. The zero-order valence-corrected chi connectivity index (χ0v) is 11.3. The summed E-state index contributed by atoms with van der Waals surface area (Å²) in [5.41, 5.74) is 1.32. The van der Waals surface area contributed by atoms with Gasteiger partial charge in [-0.2, -0.15) is 5.26 Å². The van der Waals surface area contributed by atoms with E-state index in [0.717, 1.165) is 5.56 Å². The highest BCUT2D eigenvalue weighted by Gasteiger charge is 2.29. The number of nitrogens with zero attached hydrogens (tertiary/aromatic N) is 1. The summed E-state index contributed by atoms with van der Waals surface area (Å²) in [6.07, 6.45) is 4.42. The van der Waals surface area contributed by atoms with Crippen LogP contribution in [0.4, 0.5) is 0 Å². The Labute approximate surface area is 118 Å². The lowest BCUT2D eigenvalue weighted by Gasteiger charge is -2.27. The van der Waals surface area contributed by atoms with Crippen LogP contribution in [0, 0.1) is 23.2 Å². The molecule has 1 aromatic rings. The monoisotopic (exact) mass is 271 g/mol. The summed E-state index contributed by atoms with van der Waals surface area (Å²) in [5, 5.41) is 19.2. The minimum atomic E-state index is -0.675. The van der Waals surface area contributed by atoms with Gasteiger partial charge >= 0.3 is 5.97 Å². The normalized spacial score (nSPS) is 22.9. The van der Waals surface area contributed by atoms with Gasteiger partial charge < -0.3 is 9.84 Å². The third-order valence-corrected chi connectivity index (χ3v) is 3.68. The molecular formula is C16H17NO3. The molecule has 0 fully saturated rings. The molecule has 0 unspecified atom stereocenters. The maximum absolute atomic E-state index is 11.6. The van der Waals surface area contributed by atoms with Crippen molar-refractivity contribution < 1.29 is 14.6 Å². The van der Waals surface area contributed by atoms with Crippen LogP contribution < -0.4 is 0 Å². The van der Waals surface area contributed by atoms with Crippen molar-refractivity contribution in [1.29, 1.82) is 5.26 Å². The van der Waals surface area contributed by atoms with Crippen LogP contribution in [0.15, 0.2) is 36.4 Å². The molecule has 4 heteroatoms. The van der Waals surface area contributed by atoms with Crippen LogP contribution in [0.3, 0.4) is 0 Å². The summed E-state index contributed by atoms with van der Waals surface area (Å²) in [6, 6.07) is 8.91. The number of aliphatic hydroxyl groups excluding tert-OH is 1. The lowest BCUT2D eigenvalue weighted by molar-refractivity contribution is -0.146. The summed E-state index contributed by atoms with van der Waals surface area (Å²) < 4.78 is 4.76. The summed E-state index contributed by atoms with van der Waals surface area (Å²) in [5.74, 6) is -0.532. The van der Waals surface area contributed by atoms with Crippen LogP contribution in [0.2, 0.25) is 0 Å². The molecule has 0 aliphatic heterocycles. The van der Waals surface area contributed by atoms with Gasteiger partial charge in [0, 0.05) is 5.92 Å². The van der Waals surface area contributed by atoms with Crippen molar-refractivity contribution >= 4 is 5.97 Å². The van der Waals surface area contributed by atoms with Crippen molar-refractivity contribution in [3.63, 3.8) is 0 Å². The molecule has 3 atom stereocenters. The molecule has 1 aliphatic carbocycles. The van der Waals surface area contributed by atoms with E-state index < -0.39 is 6.10 Å². The summed E-state index contributed by atoms with van der Waals surface area (Å²) in [4.78, 5) is 11.6. The minimum absolute atomic E-state index is 0.110. The number of carbonyl (C=O) groups excluding carboxylic acids is 1. The van der Waals surface area contributed by atoms with Gasteiger partial charge in [0.25, 0.3) is 0 Å². The standard InChI is InChI=1S/C16H17NO3/c1-20-16(19)14-4-2-3-13(9-14)15(18)12-7-5-11(10-17)6-8-12/h2-3,5-8,13-15,18H,4,9H2,1H3/t13-,14-,15+/m1/s1. The maximum Gasteiger partial charge on any atom is 0.308 e. The second kappa shape index (κ2) is 6.36. The molecule has 4 nitrogen and oxygen atoms in total. The quantitative estimate of drug-likeness (QED) is 0.676. The molecule has 1 aliphatic rings. The molecule has 0 bridgehead atoms. The first kappa shape index (κ1) is 14.3. The number of benzene rings is 1. The lowest BCUT2D eigenvalue weighted by Crippen LogP contribution is -2.24. The maximum atomic E-state index is 11.6. The topological polar surface area (TPSA) is 70.3 Å². The Balaban J connectivity index is 2.10. The van der Waals surface area contributed by atoms with Crippen LogP contribution in [-0.4, -0.2) is 18.2 Å². The van der Waals surface area contributed by atoms with Crippen LogP contribution >= 0.6 is 0 Å². The van der Waals surface area contributed by atoms with Gasteiger partial charge in [0.15, 0.2) is 0 Å². The van der Waals surface area contributed by atoms with Crippen molar-refractivity contribution in [2.24, 2.45) is 11.8 Å². The molecule has 1 aromatic carbocycles. The Morgan fingerprint density at radius 1 is 1.45 bits per heavy atom. The van der Waals surface area contributed by atoms with Crippen molar-refractivity contribution in [3.05, 3.63) is 47.5 Å². The molecule has 2 rings (SSSR count). The number of allylic oxidation sites excluding steroid dienone is 1. The van der Waals surface area contributed by atoms with E-state index in [4.69, 9.17) is 10.00 Å². The number of rotatable bonds is 3. The van der Waals surface area contributed by atoms with Crippen LogP contribution in [0.1, 0.15) is 30.1 Å². The second-order valence-electron chi connectivity index (χ2n) is 4.96. The summed E-state index contributed by atoms with van der Waals surface area (Å²) in [6.45, 7) is 0. The van der Waals surface area contributed by atoms with E-state index in [9.17, 15) is 9.90 Å². The van der Waals surface area contributed by atoms with Crippen molar-refractivity contribution in [3.8, 4) is 6.07 Å². The van der Waals surface area contributed by atoms with Gasteiger partial charge in [-0.15, -0.1) is 0 Å². The van der Waals surface area contributed by atoms with E-state index in [1.807, 2.05) is 18.2 Å². The van der Waals surface area contributed by atoms with Crippen molar-refractivity contribution in [2.45, 2.75) is 18.9 Å². The van der Waals surface area contributed by atoms with Crippen molar-refractivity contribution in [1.82, 2.24) is 0 Å². The van der Waals surface area contributed by atoms with Gasteiger partial charge in [-0.05, 0) is 30.5 Å². The molecule has 0 radical (unpaired) electrons. The van der Waals surface area contributed by atoms with E-state index in [0.29, 0.717) is 18.4 Å². The number of esters is 1. The Hall–Kier alpha value is -2.12. The molecule has 20 heavy (non-hydrogen) atoms. The first-order valence-electron chi connectivity index (χ1n) is 6.58. The highest BCUT2D eigenvalue weighted by atomic mass is 16.5. The van der Waals surface area contributed by atoms with E-state index in [-0.39, 0.29) is 17.8 Å². The highest BCUT2D eigenvalue weighted by molar-refractivity contribution is 5.72. The Kier molecular flexibility index (Phi) is 4.54. The van der Waals surface area contributed by atoms with Gasteiger partial charge in [-0.3, -0.25) is 4.79 Å². The number of hydrogen-bond donors (Lipinski definition) is 1. The first-order chi connectivity index (χ1) is 9.65. The summed E-state index contributed by atoms with van der Waals surface area (Å²) in [7, 11) is 1.38.